The summed E-state index contributed by atoms with van der Waals surface area (Å²) in [6, 6.07) is 15.4. The number of phenolic OH excluding ortho intramolecular Hbond substituents is 2. The molecule has 3 rings (SSSR count). The molecule has 0 bridgehead atoms. The predicted octanol–water partition coefficient (Wildman–Crippen LogP) is 5.51. The summed E-state index contributed by atoms with van der Waals surface area (Å²) >= 11 is 0. The van der Waals surface area contributed by atoms with E-state index in [-0.39, 0.29) is 29.3 Å². The minimum atomic E-state index is -0.0809. The first-order chi connectivity index (χ1) is 11.5. The van der Waals surface area contributed by atoms with Crippen molar-refractivity contribution in [1.82, 2.24) is 0 Å². The highest BCUT2D eigenvalue weighted by Gasteiger charge is 2.36. The second-order valence-electron chi connectivity index (χ2n) is 6.84. The lowest BCUT2D eigenvalue weighted by molar-refractivity contribution is 0.381. The maximum atomic E-state index is 10.4. The van der Waals surface area contributed by atoms with E-state index in [2.05, 4.69) is 43.8 Å². The van der Waals surface area contributed by atoms with Gasteiger partial charge in [-0.25, -0.2) is 0 Å². The molecule has 0 heterocycles. The Morgan fingerprint density at radius 2 is 1.62 bits per heavy atom. The first kappa shape index (κ1) is 16.4. The van der Waals surface area contributed by atoms with Crippen LogP contribution in [0, 0.1) is 5.92 Å². The van der Waals surface area contributed by atoms with Crippen LogP contribution in [0.5, 0.6) is 11.5 Å². The summed E-state index contributed by atoms with van der Waals surface area (Å²) in [5, 5.41) is 20.7. The van der Waals surface area contributed by atoms with Crippen LogP contribution in [0.25, 0.3) is 0 Å². The first-order valence-electron chi connectivity index (χ1n) is 8.37. The highest BCUT2D eigenvalue weighted by Crippen LogP contribution is 2.51. The minimum Gasteiger partial charge on any atom is -0.508 e. The molecule has 0 saturated heterocycles. The molecular formula is C22H24O2. The van der Waals surface area contributed by atoms with Crippen LogP contribution < -0.4 is 0 Å². The van der Waals surface area contributed by atoms with Gasteiger partial charge in [0.2, 0.25) is 0 Å². The van der Waals surface area contributed by atoms with Crippen molar-refractivity contribution in [2.24, 2.45) is 5.92 Å². The van der Waals surface area contributed by atoms with Crippen molar-refractivity contribution < 1.29 is 10.2 Å². The van der Waals surface area contributed by atoms with Gasteiger partial charge >= 0.3 is 0 Å². The molecule has 2 heteroatoms. The maximum absolute atomic E-state index is 10.4. The molecule has 1 aliphatic carbocycles. The molecule has 2 nitrogen and oxygen atoms in total. The van der Waals surface area contributed by atoms with Gasteiger partial charge < -0.3 is 10.2 Å². The smallest absolute Gasteiger partial charge is 0.123 e. The average molecular weight is 320 g/mol. The third kappa shape index (κ3) is 2.96. The number of rotatable bonds is 3. The fourth-order valence-corrected chi connectivity index (χ4v) is 4.02. The summed E-state index contributed by atoms with van der Waals surface area (Å²) < 4.78 is 0. The van der Waals surface area contributed by atoms with Crippen molar-refractivity contribution in [1.29, 1.82) is 0 Å². The quantitative estimate of drug-likeness (QED) is 0.732. The van der Waals surface area contributed by atoms with E-state index in [9.17, 15) is 10.2 Å². The van der Waals surface area contributed by atoms with Gasteiger partial charge in [0, 0.05) is 11.5 Å². The van der Waals surface area contributed by atoms with Gasteiger partial charge in [-0.05, 0) is 49.8 Å². The Labute approximate surface area is 143 Å². The van der Waals surface area contributed by atoms with Crippen molar-refractivity contribution in [2.75, 3.05) is 0 Å². The van der Waals surface area contributed by atoms with Gasteiger partial charge in [-0.1, -0.05) is 60.2 Å². The molecule has 0 aromatic heterocycles. The van der Waals surface area contributed by atoms with Crippen LogP contribution >= 0.6 is 0 Å². The summed E-state index contributed by atoms with van der Waals surface area (Å²) in [5.41, 5.74) is 4.22. The molecule has 0 spiro atoms. The number of allylic oxidation sites excluding steroid dienone is 3. The molecular weight excluding hydrogens is 296 g/mol. The van der Waals surface area contributed by atoms with Crippen molar-refractivity contribution in [3.8, 4) is 11.5 Å². The summed E-state index contributed by atoms with van der Waals surface area (Å²) in [6.45, 7) is 8.38. The number of aromatic hydroxyl groups is 2. The SMILES string of the molecule is C=C(C)[C@@H]1C(c2ccccc2)CC(C)=C[C@H]1c1c(O)cccc1O. The summed E-state index contributed by atoms with van der Waals surface area (Å²) in [4.78, 5) is 0. The summed E-state index contributed by atoms with van der Waals surface area (Å²) in [6.07, 6.45) is 3.14. The Balaban J connectivity index is 2.14. The summed E-state index contributed by atoms with van der Waals surface area (Å²) in [5.74, 6) is 0.628. The van der Waals surface area contributed by atoms with E-state index < -0.39 is 0 Å². The van der Waals surface area contributed by atoms with Gasteiger partial charge in [0.1, 0.15) is 11.5 Å². The standard InChI is InChI=1S/C22H24O2/c1-14(2)21-17(16-8-5-4-6-9-16)12-15(3)13-18(21)22-19(23)10-7-11-20(22)24/h4-11,13,17-18,21,23-24H,1,12H2,2-3H3/t17?,18-,21-/m1/s1. The molecule has 0 radical (unpaired) electrons. The fourth-order valence-electron chi connectivity index (χ4n) is 4.02. The van der Waals surface area contributed by atoms with Gasteiger partial charge in [0.25, 0.3) is 0 Å². The molecule has 0 aliphatic heterocycles. The molecule has 1 unspecified atom stereocenters. The highest BCUT2D eigenvalue weighted by molar-refractivity contribution is 5.50. The lowest BCUT2D eigenvalue weighted by Crippen LogP contribution is -2.25. The first-order valence-corrected chi connectivity index (χ1v) is 8.37. The molecule has 3 atom stereocenters. The number of phenols is 2. The number of hydrogen-bond acceptors (Lipinski definition) is 2. The Kier molecular flexibility index (Phi) is 4.48. The zero-order valence-electron chi connectivity index (χ0n) is 14.2. The Hall–Kier alpha value is -2.48. The van der Waals surface area contributed by atoms with E-state index in [1.54, 1.807) is 18.2 Å². The summed E-state index contributed by atoms with van der Waals surface area (Å²) in [7, 11) is 0. The zero-order valence-corrected chi connectivity index (χ0v) is 14.2. The zero-order chi connectivity index (χ0) is 17.3. The fraction of sp³-hybridized carbons (Fsp3) is 0.273. The van der Waals surface area contributed by atoms with Gasteiger partial charge in [-0.15, -0.1) is 0 Å². The van der Waals surface area contributed by atoms with Crippen molar-refractivity contribution in [2.45, 2.75) is 32.1 Å². The van der Waals surface area contributed by atoms with E-state index in [0.717, 1.165) is 12.0 Å². The maximum Gasteiger partial charge on any atom is 0.123 e. The van der Waals surface area contributed by atoms with E-state index in [0.29, 0.717) is 5.56 Å². The van der Waals surface area contributed by atoms with Gasteiger partial charge in [0.05, 0.1) is 0 Å². The largest absolute Gasteiger partial charge is 0.508 e. The monoisotopic (exact) mass is 320 g/mol. The van der Waals surface area contributed by atoms with Crippen molar-refractivity contribution in [3.05, 3.63) is 83.5 Å². The molecule has 2 N–H and O–H groups in total. The van der Waals surface area contributed by atoms with Crippen molar-refractivity contribution in [3.63, 3.8) is 0 Å². The normalized spacial score (nSPS) is 23.6. The van der Waals surface area contributed by atoms with Gasteiger partial charge in [-0.2, -0.15) is 0 Å². The highest BCUT2D eigenvalue weighted by atomic mass is 16.3. The Bertz CT molecular complexity index is 754. The molecule has 24 heavy (non-hydrogen) atoms. The Morgan fingerprint density at radius 1 is 1.00 bits per heavy atom. The molecule has 0 amide bonds. The minimum absolute atomic E-state index is 0.0809. The second kappa shape index (κ2) is 6.56. The molecule has 2 aromatic rings. The van der Waals surface area contributed by atoms with Crippen LogP contribution in [0.3, 0.4) is 0 Å². The van der Waals surface area contributed by atoms with Crippen LogP contribution in [0.1, 0.15) is 43.2 Å². The van der Waals surface area contributed by atoms with Crippen LogP contribution in [0.15, 0.2) is 72.3 Å². The van der Waals surface area contributed by atoms with Crippen molar-refractivity contribution >= 4 is 0 Å². The predicted molar refractivity (Wildman–Crippen MR) is 98.4 cm³/mol. The molecule has 2 aromatic carbocycles. The number of hydrogen-bond donors (Lipinski definition) is 2. The van der Waals surface area contributed by atoms with E-state index in [1.165, 1.54) is 11.1 Å². The van der Waals surface area contributed by atoms with Crippen LogP contribution in [0.2, 0.25) is 0 Å². The molecule has 124 valence electrons. The van der Waals surface area contributed by atoms with Crippen LogP contribution in [-0.2, 0) is 0 Å². The second-order valence-corrected chi connectivity index (χ2v) is 6.84. The van der Waals surface area contributed by atoms with E-state index >= 15 is 0 Å². The average Bonchev–Trinajstić information content (AvgIpc) is 2.54. The molecule has 0 saturated carbocycles. The number of benzene rings is 2. The Morgan fingerprint density at radius 3 is 2.21 bits per heavy atom. The third-order valence-electron chi connectivity index (χ3n) is 5.02. The third-order valence-corrected chi connectivity index (χ3v) is 5.02. The van der Waals surface area contributed by atoms with Gasteiger partial charge in [-0.3, -0.25) is 0 Å². The van der Waals surface area contributed by atoms with Crippen LogP contribution in [0.4, 0.5) is 0 Å². The molecule has 0 fully saturated rings. The lowest BCUT2D eigenvalue weighted by atomic mass is 9.66. The van der Waals surface area contributed by atoms with E-state index in [4.69, 9.17) is 0 Å². The lowest BCUT2D eigenvalue weighted by Gasteiger charge is -2.38. The van der Waals surface area contributed by atoms with Crippen LogP contribution in [-0.4, -0.2) is 10.2 Å². The molecule has 1 aliphatic rings. The topological polar surface area (TPSA) is 40.5 Å². The van der Waals surface area contributed by atoms with E-state index in [1.807, 2.05) is 13.0 Å². The van der Waals surface area contributed by atoms with Gasteiger partial charge in [0.15, 0.2) is 0 Å².